The standard InChI is InChI=1S/C10H19NO2/c1-3-4-5-11-6-7-13-10(8-11)9-12-2/h3-4,10H,5-9H2,1-2H3. The van der Waals surface area contributed by atoms with Crippen LogP contribution in [0, 0.1) is 0 Å². The van der Waals surface area contributed by atoms with Crippen molar-refractivity contribution < 1.29 is 9.47 Å². The van der Waals surface area contributed by atoms with E-state index in [1.54, 1.807) is 7.11 Å². The van der Waals surface area contributed by atoms with Crippen LogP contribution in [0.25, 0.3) is 0 Å². The van der Waals surface area contributed by atoms with Gasteiger partial charge in [-0.15, -0.1) is 0 Å². The van der Waals surface area contributed by atoms with Gasteiger partial charge in [0.1, 0.15) is 0 Å². The van der Waals surface area contributed by atoms with Gasteiger partial charge in [0, 0.05) is 26.7 Å². The molecule has 0 aliphatic carbocycles. The summed E-state index contributed by atoms with van der Waals surface area (Å²) in [7, 11) is 1.72. The lowest BCUT2D eigenvalue weighted by Crippen LogP contribution is -2.44. The zero-order chi connectivity index (χ0) is 9.52. The van der Waals surface area contributed by atoms with Crippen molar-refractivity contribution in [2.45, 2.75) is 13.0 Å². The first-order chi connectivity index (χ1) is 6.36. The first-order valence-corrected chi connectivity index (χ1v) is 4.81. The van der Waals surface area contributed by atoms with Gasteiger partial charge >= 0.3 is 0 Å². The largest absolute Gasteiger partial charge is 0.382 e. The third-order valence-corrected chi connectivity index (χ3v) is 2.17. The number of nitrogens with zero attached hydrogens (tertiary/aromatic N) is 1. The molecule has 1 atom stereocenters. The van der Waals surface area contributed by atoms with Crippen LogP contribution in [0.3, 0.4) is 0 Å². The van der Waals surface area contributed by atoms with Crippen LogP contribution in [0.4, 0.5) is 0 Å². The Hall–Kier alpha value is -0.380. The van der Waals surface area contributed by atoms with E-state index in [4.69, 9.17) is 9.47 Å². The SMILES string of the molecule is CC=CCN1CCOC(COC)C1. The first-order valence-electron chi connectivity index (χ1n) is 4.81. The van der Waals surface area contributed by atoms with Gasteiger partial charge in [-0.1, -0.05) is 12.2 Å². The number of morpholine rings is 1. The molecule has 0 aromatic carbocycles. The minimum atomic E-state index is 0.254. The second kappa shape index (κ2) is 6.13. The normalized spacial score (nSPS) is 25.5. The molecule has 0 bridgehead atoms. The minimum Gasteiger partial charge on any atom is -0.382 e. The summed E-state index contributed by atoms with van der Waals surface area (Å²) in [6, 6.07) is 0. The third kappa shape index (κ3) is 3.89. The van der Waals surface area contributed by atoms with Crippen LogP contribution in [0.2, 0.25) is 0 Å². The Morgan fingerprint density at radius 2 is 2.46 bits per heavy atom. The molecule has 76 valence electrons. The van der Waals surface area contributed by atoms with Gasteiger partial charge in [0.15, 0.2) is 0 Å². The lowest BCUT2D eigenvalue weighted by molar-refractivity contribution is -0.0580. The maximum absolute atomic E-state index is 5.54. The van der Waals surface area contributed by atoms with E-state index in [2.05, 4.69) is 17.1 Å². The summed E-state index contributed by atoms with van der Waals surface area (Å²) in [6.07, 6.45) is 4.51. The Kier molecular flexibility index (Phi) is 5.05. The predicted octanol–water partition coefficient (Wildman–Crippen LogP) is 0.910. The van der Waals surface area contributed by atoms with Crippen molar-refractivity contribution in [1.29, 1.82) is 0 Å². The van der Waals surface area contributed by atoms with Crippen molar-refractivity contribution in [2.75, 3.05) is 40.0 Å². The molecule has 3 heteroatoms. The van der Waals surface area contributed by atoms with E-state index < -0.39 is 0 Å². The van der Waals surface area contributed by atoms with Crippen LogP contribution >= 0.6 is 0 Å². The van der Waals surface area contributed by atoms with Crippen molar-refractivity contribution in [1.82, 2.24) is 4.90 Å². The zero-order valence-electron chi connectivity index (χ0n) is 8.53. The van der Waals surface area contributed by atoms with Crippen molar-refractivity contribution in [2.24, 2.45) is 0 Å². The fourth-order valence-electron chi connectivity index (χ4n) is 1.49. The molecule has 1 fully saturated rings. The topological polar surface area (TPSA) is 21.7 Å². The summed E-state index contributed by atoms with van der Waals surface area (Å²) >= 11 is 0. The molecule has 1 unspecified atom stereocenters. The molecule has 3 nitrogen and oxygen atoms in total. The maximum atomic E-state index is 5.54. The number of rotatable bonds is 4. The quantitative estimate of drug-likeness (QED) is 0.608. The Morgan fingerprint density at radius 1 is 1.62 bits per heavy atom. The van der Waals surface area contributed by atoms with Gasteiger partial charge in [-0.3, -0.25) is 4.90 Å². The molecule has 1 saturated heterocycles. The number of hydrogen-bond acceptors (Lipinski definition) is 3. The molecule has 1 aliphatic heterocycles. The van der Waals surface area contributed by atoms with E-state index in [0.717, 1.165) is 26.2 Å². The van der Waals surface area contributed by atoms with Crippen LogP contribution in [-0.2, 0) is 9.47 Å². The predicted molar refractivity (Wildman–Crippen MR) is 52.9 cm³/mol. The molecule has 0 N–H and O–H groups in total. The van der Waals surface area contributed by atoms with Gasteiger partial charge in [-0.25, -0.2) is 0 Å². The summed E-state index contributed by atoms with van der Waals surface area (Å²) in [5.41, 5.74) is 0. The summed E-state index contributed by atoms with van der Waals surface area (Å²) in [6.45, 7) is 6.62. The smallest absolute Gasteiger partial charge is 0.0935 e. The molecule has 0 aromatic heterocycles. The van der Waals surface area contributed by atoms with E-state index in [9.17, 15) is 0 Å². The minimum absolute atomic E-state index is 0.254. The highest BCUT2D eigenvalue weighted by Gasteiger charge is 2.18. The number of allylic oxidation sites excluding steroid dienone is 1. The Morgan fingerprint density at radius 3 is 3.15 bits per heavy atom. The van der Waals surface area contributed by atoms with Gasteiger partial charge in [-0.05, 0) is 6.92 Å². The second-order valence-corrected chi connectivity index (χ2v) is 3.28. The van der Waals surface area contributed by atoms with Gasteiger partial charge in [-0.2, -0.15) is 0 Å². The Balaban J connectivity index is 2.24. The van der Waals surface area contributed by atoms with Crippen molar-refractivity contribution in [3.05, 3.63) is 12.2 Å². The lowest BCUT2D eigenvalue weighted by atomic mass is 10.3. The van der Waals surface area contributed by atoms with Crippen LogP contribution in [0.15, 0.2) is 12.2 Å². The summed E-state index contributed by atoms with van der Waals surface area (Å²) in [4.78, 5) is 2.38. The van der Waals surface area contributed by atoms with Crippen molar-refractivity contribution in [3.8, 4) is 0 Å². The van der Waals surface area contributed by atoms with Gasteiger partial charge < -0.3 is 9.47 Å². The number of methoxy groups -OCH3 is 1. The molecule has 1 rings (SSSR count). The molecular formula is C10H19NO2. The molecule has 0 amide bonds. The summed E-state index contributed by atoms with van der Waals surface area (Å²) in [5.74, 6) is 0. The first kappa shape index (κ1) is 10.7. The van der Waals surface area contributed by atoms with Crippen molar-refractivity contribution in [3.63, 3.8) is 0 Å². The number of ether oxygens (including phenoxy) is 2. The highest BCUT2D eigenvalue weighted by Crippen LogP contribution is 2.04. The second-order valence-electron chi connectivity index (χ2n) is 3.28. The average molecular weight is 185 g/mol. The molecule has 0 spiro atoms. The molecular weight excluding hydrogens is 166 g/mol. The molecule has 0 saturated carbocycles. The molecule has 13 heavy (non-hydrogen) atoms. The molecule has 1 heterocycles. The van der Waals surface area contributed by atoms with E-state index in [1.165, 1.54) is 0 Å². The van der Waals surface area contributed by atoms with E-state index in [-0.39, 0.29) is 6.10 Å². The van der Waals surface area contributed by atoms with Gasteiger partial charge in [0.25, 0.3) is 0 Å². The summed E-state index contributed by atoms with van der Waals surface area (Å²) in [5, 5.41) is 0. The highest BCUT2D eigenvalue weighted by molar-refractivity contribution is 4.83. The van der Waals surface area contributed by atoms with Crippen molar-refractivity contribution >= 4 is 0 Å². The van der Waals surface area contributed by atoms with Crippen LogP contribution in [0.5, 0.6) is 0 Å². The molecule has 0 aromatic rings. The number of hydrogen-bond donors (Lipinski definition) is 0. The molecule has 0 radical (unpaired) electrons. The fourth-order valence-corrected chi connectivity index (χ4v) is 1.49. The van der Waals surface area contributed by atoms with Gasteiger partial charge in [0.05, 0.1) is 19.3 Å². The highest BCUT2D eigenvalue weighted by atomic mass is 16.5. The average Bonchev–Trinajstić information content (AvgIpc) is 2.16. The molecule has 1 aliphatic rings. The Bertz CT molecular complexity index is 157. The van der Waals surface area contributed by atoms with E-state index >= 15 is 0 Å². The summed E-state index contributed by atoms with van der Waals surface area (Å²) < 4.78 is 10.6. The lowest BCUT2D eigenvalue weighted by Gasteiger charge is -2.31. The van der Waals surface area contributed by atoms with Gasteiger partial charge in [0.2, 0.25) is 0 Å². The van der Waals surface area contributed by atoms with E-state index in [1.807, 2.05) is 6.92 Å². The van der Waals surface area contributed by atoms with Crippen LogP contribution in [-0.4, -0.2) is 51.0 Å². The van der Waals surface area contributed by atoms with E-state index in [0.29, 0.717) is 6.61 Å². The van der Waals surface area contributed by atoms with Crippen LogP contribution in [0.1, 0.15) is 6.92 Å². The van der Waals surface area contributed by atoms with Crippen LogP contribution < -0.4 is 0 Å². The Labute approximate surface area is 80.3 Å². The monoisotopic (exact) mass is 185 g/mol. The fraction of sp³-hybridized carbons (Fsp3) is 0.800. The third-order valence-electron chi connectivity index (χ3n) is 2.17. The zero-order valence-corrected chi connectivity index (χ0v) is 8.53. The maximum Gasteiger partial charge on any atom is 0.0935 e.